The van der Waals surface area contributed by atoms with Crippen LogP contribution in [0.1, 0.15) is 89.5 Å². The van der Waals surface area contributed by atoms with Crippen molar-refractivity contribution < 1.29 is 21.6 Å². The summed E-state index contributed by atoms with van der Waals surface area (Å²) in [6.45, 7) is 4.74. The third-order valence-electron chi connectivity index (χ3n) is 5.27. The van der Waals surface area contributed by atoms with Gasteiger partial charge in [0.2, 0.25) is 10.4 Å². The lowest BCUT2D eigenvalue weighted by Gasteiger charge is -2.30. The summed E-state index contributed by atoms with van der Waals surface area (Å²) in [5.74, 6) is 0. The maximum Gasteiger partial charge on any atom is 0.217 e. The molecule has 0 bridgehead atoms. The van der Waals surface area contributed by atoms with Crippen LogP contribution in [0.4, 0.5) is 0 Å². The predicted molar refractivity (Wildman–Crippen MR) is 125 cm³/mol. The second-order valence-electron chi connectivity index (χ2n) is 8.77. The molecule has 0 saturated carbocycles. The highest BCUT2D eigenvalue weighted by Gasteiger charge is 2.14. The van der Waals surface area contributed by atoms with Crippen molar-refractivity contribution in [1.29, 1.82) is 0 Å². The Labute approximate surface area is 186 Å². The molecule has 0 aromatic heterocycles. The van der Waals surface area contributed by atoms with Gasteiger partial charge in [0, 0.05) is 5.56 Å². The first kappa shape index (κ1) is 29.1. The van der Waals surface area contributed by atoms with Crippen LogP contribution in [0, 0.1) is 0 Å². The summed E-state index contributed by atoms with van der Waals surface area (Å²) in [5.41, 5.74) is 1.46. The average Bonchev–Trinajstić information content (AvgIpc) is 2.69. The fraction of sp³-hybridized carbons (Fsp3) is 0.750. The minimum Gasteiger partial charge on any atom is -0.726 e. The van der Waals surface area contributed by atoms with Crippen LogP contribution in [0.2, 0.25) is 0 Å². The van der Waals surface area contributed by atoms with E-state index in [1.54, 1.807) is 0 Å². The van der Waals surface area contributed by atoms with Crippen LogP contribution in [0.5, 0.6) is 0 Å². The van der Waals surface area contributed by atoms with Crippen LogP contribution in [-0.4, -0.2) is 45.2 Å². The molecule has 0 fully saturated rings. The minimum atomic E-state index is -4.41. The van der Waals surface area contributed by atoms with Crippen molar-refractivity contribution in [1.82, 2.24) is 0 Å². The molecule has 1 aromatic rings. The second-order valence-corrected chi connectivity index (χ2v) is 9.92. The number of unbranched alkanes of at least 4 members (excludes halogenated alkanes) is 11. The smallest absolute Gasteiger partial charge is 0.217 e. The van der Waals surface area contributed by atoms with Crippen LogP contribution in [0.15, 0.2) is 30.3 Å². The molecule has 0 aliphatic carbocycles. The quantitative estimate of drug-likeness (QED) is 0.135. The molecule has 0 heterocycles. The van der Waals surface area contributed by atoms with E-state index in [0.29, 0.717) is 0 Å². The van der Waals surface area contributed by atoms with E-state index >= 15 is 0 Å². The Bertz CT molecular complexity index is 603. The van der Waals surface area contributed by atoms with Crippen molar-refractivity contribution in [3.8, 4) is 0 Å². The number of quaternary nitrogens is 1. The molecule has 1 aromatic carbocycles. The van der Waals surface area contributed by atoms with Crippen LogP contribution >= 0.6 is 0 Å². The van der Waals surface area contributed by atoms with Crippen molar-refractivity contribution in [3.63, 3.8) is 0 Å². The zero-order valence-electron chi connectivity index (χ0n) is 19.8. The van der Waals surface area contributed by atoms with Crippen molar-refractivity contribution in [2.75, 3.05) is 27.7 Å². The fourth-order valence-corrected chi connectivity index (χ4v) is 3.54. The summed E-state index contributed by atoms with van der Waals surface area (Å²) < 4.78 is 32.1. The first-order valence-corrected chi connectivity index (χ1v) is 12.9. The van der Waals surface area contributed by atoms with Crippen LogP contribution in [0.3, 0.4) is 0 Å². The molecular formula is C24H45NO4S. The predicted octanol–water partition coefficient (Wildman–Crippen LogP) is 6.06. The first-order valence-electron chi connectivity index (χ1n) is 11.6. The SMILES string of the molecule is CCCCCCCCCCCCCC[N+](C)(C)Cc1ccccc1.COS(=O)(=O)[O-]. The molecule has 0 amide bonds. The van der Waals surface area contributed by atoms with Crippen molar-refractivity contribution in [2.24, 2.45) is 0 Å². The number of hydrogen-bond donors (Lipinski definition) is 0. The number of benzene rings is 1. The van der Waals surface area contributed by atoms with E-state index in [-0.39, 0.29) is 0 Å². The molecule has 1 rings (SSSR count). The van der Waals surface area contributed by atoms with Crippen LogP contribution in [0.25, 0.3) is 0 Å². The van der Waals surface area contributed by atoms with Crippen molar-refractivity contribution >= 4 is 10.4 Å². The van der Waals surface area contributed by atoms with Gasteiger partial charge in [0.15, 0.2) is 0 Å². The van der Waals surface area contributed by atoms with E-state index in [1.165, 1.54) is 89.2 Å². The topological polar surface area (TPSA) is 66.4 Å². The Hall–Kier alpha value is -0.950. The monoisotopic (exact) mass is 443 g/mol. The van der Waals surface area contributed by atoms with Crippen molar-refractivity contribution in [3.05, 3.63) is 35.9 Å². The summed E-state index contributed by atoms with van der Waals surface area (Å²) in [6, 6.07) is 10.9. The van der Waals surface area contributed by atoms with Gasteiger partial charge in [-0.25, -0.2) is 8.42 Å². The molecule has 0 spiro atoms. The highest BCUT2D eigenvalue weighted by atomic mass is 32.3. The van der Waals surface area contributed by atoms with Gasteiger partial charge < -0.3 is 9.04 Å². The van der Waals surface area contributed by atoms with E-state index in [0.717, 1.165) is 18.1 Å². The van der Waals surface area contributed by atoms with E-state index in [2.05, 4.69) is 55.5 Å². The average molecular weight is 444 g/mol. The molecule has 0 N–H and O–H groups in total. The van der Waals surface area contributed by atoms with Gasteiger partial charge in [-0.05, 0) is 12.8 Å². The lowest BCUT2D eigenvalue weighted by molar-refractivity contribution is -0.903. The Morgan fingerprint density at radius 2 is 1.20 bits per heavy atom. The van der Waals surface area contributed by atoms with Crippen LogP contribution < -0.4 is 0 Å². The number of nitrogens with zero attached hydrogens (tertiary/aromatic N) is 1. The minimum absolute atomic E-state index is 0.808. The summed E-state index contributed by atoms with van der Waals surface area (Å²) in [5, 5.41) is 0. The molecule has 176 valence electrons. The maximum atomic E-state index is 9.22. The zero-order chi connectivity index (χ0) is 22.7. The Kier molecular flexibility index (Phi) is 17.1. The lowest BCUT2D eigenvalue weighted by atomic mass is 10.1. The normalized spacial score (nSPS) is 11.8. The van der Waals surface area contributed by atoms with Crippen molar-refractivity contribution in [2.45, 2.75) is 90.5 Å². The third-order valence-corrected chi connectivity index (χ3v) is 5.68. The Balaban J connectivity index is 0.00000122. The molecule has 0 aliphatic heterocycles. The molecule has 0 atom stereocenters. The van der Waals surface area contributed by atoms with E-state index in [9.17, 15) is 13.0 Å². The van der Waals surface area contributed by atoms with E-state index in [1.807, 2.05) is 0 Å². The lowest BCUT2D eigenvalue weighted by Crippen LogP contribution is -2.39. The standard InChI is InChI=1S/C23H42N.CH4O4S/c1-4-5-6-7-8-9-10-11-12-13-14-18-21-24(2,3)22-23-19-16-15-17-20-23;1-5-6(2,3)4/h15-17,19-20H,4-14,18,21-22H2,1-3H3;1H3,(H,2,3,4)/q+1;/p-1. The maximum absolute atomic E-state index is 9.22. The Morgan fingerprint density at radius 3 is 1.60 bits per heavy atom. The summed E-state index contributed by atoms with van der Waals surface area (Å²) in [7, 11) is 1.13. The van der Waals surface area contributed by atoms with Gasteiger partial charge in [-0.1, -0.05) is 101 Å². The molecule has 5 nitrogen and oxygen atoms in total. The largest absolute Gasteiger partial charge is 0.726 e. The Morgan fingerprint density at radius 1 is 0.800 bits per heavy atom. The van der Waals surface area contributed by atoms with Gasteiger partial charge in [0.1, 0.15) is 6.54 Å². The molecule has 0 radical (unpaired) electrons. The van der Waals surface area contributed by atoms with Gasteiger partial charge in [-0.2, -0.15) is 0 Å². The molecule has 0 unspecified atom stereocenters. The van der Waals surface area contributed by atoms with Gasteiger partial charge in [-0.15, -0.1) is 0 Å². The summed E-state index contributed by atoms with van der Waals surface area (Å²) in [4.78, 5) is 0. The molecule has 0 aliphatic rings. The van der Waals surface area contributed by atoms with E-state index < -0.39 is 10.4 Å². The van der Waals surface area contributed by atoms with Gasteiger partial charge >= 0.3 is 0 Å². The first-order chi connectivity index (χ1) is 14.2. The molecule has 30 heavy (non-hydrogen) atoms. The van der Waals surface area contributed by atoms with Gasteiger partial charge in [0.05, 0.1) is 27.7 Å². The number of rotatable bonds is 16. The number of hydrogen-bond acceptors (Lipinski definition) is 4. The summed E-state index contributed by atoms with van der Waals surface area (Å²) >= 11 is 0. The van der Waals surface area contributed by atoms with Gasteiger partial charge in [0.25, 0.3) is 0 Å². The highest BCUT2D eigenvalue weighted by molar-refractivity contribution is 7.80. The molecule has 0 saturated heterocycles. The van der Waals surface area contributed by atoms with Gasteiger partial charge in [-0.3, -0.25) is 4.18 Å². The highest BCUT2D eigenvalue weighted by Crippen LogP contribution is 2.14. The third kappa shape index (κ3) is 20.3. The zero-order valence-corrected chi connectivity index (χ0v) is 20.6. The molecular weight excluding hydrogens is 398 g/mol. The fourth-order valence-electron chi connectivity index (χ4n) is 3.54. The van der Waals surface area contributed by atoms with E-state index in [4.69, 9.17) is 0 Å². The molecule has 6 heteroatoms. The van der Waals surface area contributed by atoms with Crippen LogP contribution in [-0.2, 0) is 21.1 Å². The summed E-state index contributed by atoms with van der Waals surface area (Å²) in [6.07, 6.45) is 17.2. The second kappa shape index (κ2) is 17.7.